The molecule has 0 radical (unpaired) electrons. The molecule has 0 heterocycles. The van der Waals surface area contributed by atoms with Crippen LogP contribution < -0.4 is 5.73 Å². The summed E-state index contributed by atoms with van der Waals surface area (Å²) in [6.07, 6.45) is -0.272. The number of carbonyl (C=O) groups is 1. The van der Waals surface area contributed by atoms with Gasteiger partial charge in [0.2, 0.25) is 0 Å². The summed E-state index contributed by atoms with van der Waals surface area (Å²) in [6, 6.07) is 1.13. The number of rotatable bonds is 3. The van der Waals surface area contributed by atoms with E-state index in [0.29, 0.717) is 0 Å². The van der Waals surface area contributed by atoms with Gasteiger partial charge in [-0.2, -0.15) is 0 Å². The maximum atomic E-state index is 13.4. The summed E-state index contributed by atoms with van der Waals surface area (Å²) in [5.41, 5.74) is 5.22. The fraction of sp³-hybridized carbons (Fsp3) is 0.300. The maximum absolute atomic E-state index is 13.4. The van der Waals surface area contributed by atoms with Crippen LogP contribution in [0.3, 0.4) is 0 Å². The lowest BCUT2D eigenvalue weighted by Crippen LogP contribution is -2.19. The third-order valence-corrected chi connectivity index (χ3v) is 2.49. The maximum Gasteiger partial charge on any atom is 0.307 e. The molecule has 1 atom stereocenters. The molecule has 0 amide bonds. The molecule has 0 aliphatic rings. The minimum Gasteiger partial charge on any atom is -0.469 e. The lowest BCUT2D eigenvalue weighted by molar-refractivity contribution is -0.141. The number of methoxy groups -OCH3 is 1. The molecule has 0 fully saturated rings. The molecular weight excluding hydrogens is 319 g/mol. The Bertz CT molecular complexity index is 394. The van der Waals surface area contributed by atoms with E-state index in [4.69, 9.17) is 5.73 Å². The van der Waals surface area contributed by atoms with Crippen molar-refractivity contribution in [1.82, 2.24) is 0 Å². The van der Waals surface area contributed by atoms with E-state index in [1.807, 2.05) is 0 Å². The summed E-state index contributed by atoms with van der Waals surface area (Å²) in [6.45, 7) is 0. The summed E-state index contributed by atoms with van der Waals surface area (Å²) in [4.78, 5) is 10.9. The molecule has 0 unspecified atom stereocenters. The van der Waals surface area contributed by atoms with Gasteiger partial charge in [0, 0.05) is 16.1 Å². The van der Waals surface area contributed by atoms with Crippen LogP contribution in [0.4, 0.5) is 8.78 Å². The average molecular weight is 331 g/mol. The van der Waals surface area contributed by atoms with Gasteiger partial charge in [-0.15, -0.1) is 12.4 Å². The third kappa shape index (κ3) is 4.22. The van der Waals surface area contributed by atoms with Gasteiger partial charge in [-0.05, 0) is 12.1 Å². The Balaban J connectivity index is 0.00000256. The third-order valence-electron chi connectivity index (χ3n) is 2.03. The second-order valence-electron chi connectivity index (χ2n) is 3.17. The first-order valence-corrected chi connectivity index (χ1v) is 5.21. The predicted molar refractivity (Wildman–Crippen MR) is 64.9 cm³/mol. The quantitative estimate of drug-likeness (QED) is 0.867. The van der Waals surface area contributed by atoms with Crippen LogP contribution in [0.25, 0.3) is 0 Å². The van der Waals surface area contributed by atoms with Crippen LogP contribution in [0.2, 0.25) is 0 Å². The van der Waals surface area contributed by atoms with Crippen LogP contribution in [0.15, 0.2) is 16.6 Å². The first kappa shape index (κ1) is 16.3. The molecule has 3 nitrogen and oxygen atoms in total. The molecule has 0 saturated carbocycles. The summed E-state index contributed by atoms with van der Waals surface area (Å²) < 4.78 is 31.5. The highest BCUT2D eigenvalue weighted by Crippen LogP contribution is 2.25. The van der Waals surface area contributed by atoms with Crippen LogP contribution >= 0.6 is 28.3 Å². The summed E-state index contributed by atoms with van der Waals surface area (Å²) in [7, 11) is 1.18. The molecule has 7 heteroatoms. The molecule has 1 aromatic rings. The highest BCUT2D eigenvalue weighted by Gasteiger charge is 2.20. The standard InChI is InChI=1S/C10H10BrF2NO2.ClH/c1-16-9(15)4-8(14)10-6(12)2-5(11)3-7(10)13;/h2-3,8H,4,14H2,1H3;1H/t8-;/m1./s1. The molecule has 0 bridgehead atoms. The molecule has 0 saturated heterocycles. The average Bonchev–Trinajstić information content (AvgIpc) is 2.15. The predicted octanol–water partition coefficient (Wildman–Crippen LogP) is 2.71. The van der Waals surface area contributed by atoms with Gasteiger partial charge in [0.25, 0.3) is 0 Å². The van der Waals surface area contributed by atoms with Crippen molar-refractivity contribution in [2.24, 2.45) is 5.73 Å². The van der Waals surface area contributed by atoms with Gasteiger partial charge in [-0.1, -0.05) is 15.9 Å². The van der Waals surface area contributed by atoms with Crippen molar-refractivity contribution in [1.29, 1.82) is 0 Å². The molecule has 1 aromatic carbocycles. The van der Waals surface area contributed by atoms with Crippen molar-refractivity contribution < 1.29 is 18.3 Å². The van der Waals surface area contributed by atoms with E-state index >= 15 is 0 Å². The number of nitrogens with two attached hydrogens (primary N) is 1. The smallest absolute Gasteiger partial charge is 0.307 e. The topological polar surface area (TPSA) is 52.3 Å². The van der Waals surface area contributed by atoms with Crippen LogP contribution in [-0.4, -0.2) is 13.1 Å². The largest absolute Gasteiger partial charge is 0.469 e. The van der Waals surface area contributed by atoms with Crippen molar-refractivity contribution in [2.45, 2.75) is 12.5 Å². The fourth-order valence-corrected chi connectivity index (χ4v) is 1.67. The summed E-state index contributed by atoms with van der Waals surface area (Å²) in [5, 5.41) is 0. The SMILES string of the molecule is COC(=O)C[C@@H](N)c1c(F)cc(Br)cc1F.Cl. The molecule has 0 aliphatic carbocycles. The lowest BCUT2D eigenvalue weighted by atomic mass is 10.0. The van der Waals surface area contributed by atoms with Crippen molar-refractivity contribution in [3.8, 4) is 0 Å². The van der Waals surface area contributed by atoms with Gasteiger partial charge in [0.05, 0.1) is 13.5 Å². The normalized spacial score (nSPS) is 11.6. The van der Waals surface area contributed by atoms with E-state index in [-0.39, 0.29) is 28.9 Å². The fourth-order valence-electron chi connectivity index (χ4n) is 1.27. The molecule has 0 aromatic heterocycles. The number of halogens is 4. The number of benzene rings is 1. The molecule has 17 heavy (non-hydrogen) atoms. The van der Waals surface area contributed by atoms with Gasteiger partial charge >= 0.3 is 5.97 Å². The van der Waals surface area contributed by atoms with Crippen molar-refractivity contribution in [3.63, 3.8) is 0 Å². The van der Waals surface area contributed by atoms with Crippen LogP contribution in [0.1, 0.15) is 18.0 Å². The summed E-state index contributed by atoms with van der Waals surface area (Å²) in [5.74, 6) is -2.19. The Kier molecular flexibility index (Phi) is 6.59. The Hall–Kier alpha value is -0.720. The van der Waals surface area contributed by atoms with E-state index in [9.17, 15) is 13.6 Å². The number of hydrogen-bond acceptors (Lipinski definition) is 3. The van der Waals surface area contributed by atoms with Crippen molar-refractivity contribution >= 4 is 34.3 Å². The van der Waals surface area contributed by atoms with Crippen LogP contribution in [0.5, 0.6) is 0 Å². The zero-order valence-corrected chi connectivity index (χ0v) is 11.3. The molecule has 96 valence electrons. The van der Waals surface area contributed by atoms with E-state index in [0.717, 1.165) is 12.1 Å². The number of esters is 1. The Morgan fingerprint density at radius 2 is 1.94 bits per heavy atom. The second-order valence-corrected chi connectivity index (χ2v) is 4.09. The zero-order valence-electron chi connectivity index (χ0n) is 8.88. The monoisotopic (exact) mass is 329 g/mol. The lowest BCUT2D eigenvalue weighted by Gasteiger charge is -2.12. The number of hydrogen-bond donors (Lipinski definition) is 1. The Labute approximate surface area is 112 Å². The van der Waals surface area contributed by atoms with Gasteiger partial charge in [-0.3, -0.25) is 4.79 Å². The first-order valence-electron chi connectivity index (χ1n) is 4.42. The highest BCUT2D eigenvalue weighted by molar-refractivity contribution is 9.10. The van der Waals surface area contributed by atoms with E-state index < -0.39 is 23.6 Å². The van der Waals surface area contributed by atoms with Crippen LogP contribution in [-0.2, 0) is 9.53 Å². The van der Waals surface area contributed by atoms with E-state index in [2.05, 4.69) is 20.7 Å². The molecular formula is C10H11BrClF2NO2. The zero-order chi connectivity index (χ0) is 12.3. The Morgan fingerprint density at radius 3 is 2.35 bits per heavy atom. The number of ether oxygens (including phenoxy) is 1. The van der Waals surface area contributed by atoms with Gasteiger partial charge in [0.15, 0.2) is 0 Å². The van der Waals surface area contributed by atoms with E-state index in [1.165, 1.54) is 7.11 Å². The minimum atomic E-state index is -1.06. The van der Waals surface area contributed by atoms with Gasteiger partial charge in [0.1, 0.15) is 11.6 Å². The van der Waals surface area contributed by atoms with Crippen LogP contribution in [0, 0.1) is 11.6 Å². The van der Waals surface area contributed by atoms with Crippen molar-refractivity contribution in [2.75, 3.05) is 7.11 Å². The molecule has 1 rings (SSSR count). The van der Waals surface area contributed by atoms with E-state index in [1.54, 1.807) is 0 Å². The Morgan fingerprint density at radius 1 is 1.47 bits per heavy atom. The summed E-state index contributed by atoms with van der Waals surface area (Å²) >= 11 is 2.95. The van der Waals surface area contributed by atoms with Gasteiger partial charge < -0.3 is 10.5 Å². The second kappa shape index (κ2) is 6.88. The molecule has 2 N–H and O–H groups in total. The molecule has 0 aliphatic heterocycles. The molecule has 0 spiro atoms. The minimum absolute atomic E-state index is 0. The number of carbonyl (C=O) groups excluding carboxylic acids is 1. The highest BCUT2D eigenvalue weighted by atomic mass is 79.9. The first-order chi connectivity index (χ1) is 7.45. The van der Waals surface area contributed by atoms with Gasteiger partial charge in [-0.25, -0.2) is 8.78 Å². The van der Waals surface area contributed by atoms with Crippen molar-refractivity contribution in [3.05, 3.63) is 33.8 Å².